The third-order valence-corrected chi connectivity index (χ3v) is 1.62. The fourth-order valence-electron chi connectivity index (χ4n) is 0.977. The predicted molar refractivity (Wildman–Crippen MR) is 48.1 cm³/mol. The van der Waals surface area contributed by atoms with Crippen molar-refractivity contribution in [1.29, 1.82) is 0 Å². The van der Waals surface area contributed by atoms with Gasteiger partial charge in [0.05, 0.1) is 6.61 Å². The summed E-state index contributed by atoms with van der Waals surface area (Å²) in [6, 6.07) is 0. The highest BCUT2D eigenvalue weighted by molar-refractivity contribution is 5.69. The van der Waals surface area contributed by atoms with E-state index in [1.165, 1.54) is 4.68 Å². The van der Waals surface area contributed by atoms with Crippen LogP contribution in [0.5, 0.6) is 0 Å². The molecule has 0 saturated carbocycles. The first-order valence-corrected chi connectivity index (χ1v) is 4.41. The van der Waals surface area contributed by atoms with Gasteiger partial charge in [-0.25, -0.2) is 4.68 Å². The van der Waals surface area contributed by atoms with Gasteiger partial charge in [0.1, 0.15) is 0 Å². The summed E-state index contributed by atoms with van der Waals surface area (Å²) in [6.45, 7) is 2.71. The Morgan fingerprint density at radius 1 is 1.64 bits per heavy atom. The van der Waals surface area contributed by atoms with Gasteiger partial charge in [-0.2, -0.15) is 0 Å². The lowest BCUT2D eigenvalue weighted by molar-refractivity contribution is -0.143. The number of hydrogen-bond donors (Lipinski definition) is 1. The lowest BCUT2D eigenvalue weighted by atomic mass is 10.3. The quantitative estimate of drug-likeness (QED) is 0.648. The first-order valence-electron chi connectivity index (χ1n) is 4.41. The van der Waals surface area contributed by atoms with Gasteiger partial charge in [-0.3, -0.25) is 4.79 Å². The Hall–Kier alpha value is -1.66. The summed E-state index contributed by atoms with van der Waals surface area (Å²) < 4.78 is 6.20. The number of anilines is 1. The van der Waals surface area contributed by atoms with Crippen molar-refractivity contribution >= 4 is 11.9 Å². The molecular formula is C7H13N5O2. The average Bonchev–Trinajstić information content (AvgIpc) is 2.52. The molecule has 0 aliphatic heterocycles. The van der Waals surface area contributed by atoms with Crippen LogP contribution in [0.1, 0.15) is 19.8 Å². The molecule has 7 nitrogen and oxygen atoms in total. The smallest absolute Gasteiger partial charge is 0.305 e. The molecule has 2 N–H and O–H groups in total. The van der Waals surface area contributed by atoms with Crippen LogP contribution in [0.4, 0.5) is 5.95 Å². The first-order chi connectivity index (χ1) is 6.74. The Labute approximate surface area is 81.2 Å². The van der Waals surface area contributed by atoms with E-state index in [1.807, 2.05) is 0 Å². The van der Waals surface area contributed by atoms with Crippen molar-refractivity contribution in [3.63, 3.8) is 0 Å². The normalized spacial score (nSPS) is 10.1. The Kier molecular flexibility index (Phi) is 3.84. The Bertz CT molecular complexity index is 298. The second-order valence-electron chi connectivity index (χ2n) is 2.67. The first kappa shape index (κ1) is 10.4. The van der Waals surface area contributed by atoms with Gasteiger partial charge in [-0.15, -0.1) is 0 Å². The van der Waals surface area contributed by atoms with Crippen molar-refractivity contribution in [1.82, 2.24) is 20.2 Å². The zero-order valence-corrected chi connectivity index (χ0v) is 8.01. The van der Waals surface area contributed by atoms with E-state index < -0.39 is 0 Å². The maximum atomic E-state index is 10.9. The third-order valence-electron chi connectivity index (χ3n) is 1.62. The van der Waals surface area contributed by atoms with Crippen molar-refractivity contribution in [2.45, 2.75) is 26.3 Å². The molecule has 14 heavy (non-hydrogen) atoms. The number of aryl methyl sites for hydroxylation is 1. The molecule has 0 aromatic carbocycles. The van der Waals surface area contributed by atoms with Crippen LogP contribution in [-0.2, 0) is 16.1 Å². The van der Waals surface area contributed by atoms with E-state index in [-0.39, 0.29) is 11.9 Å². The van der Waals surface area contributed by atoms with Crippen molar-refractivity contribution in [3.8, 4) is 0 Å². The zero-order valence-electron chi connectivity index (χ0n) is 8.01. The van der Waals surface area contributed by atoms with E-state index >= 15 is 0 Å². The molecular weight excluding hydrogens is 186 g/mol. The molecule has 0 saturated heterocycles. The number of carbonyl (C=O) groups excluding carboxylic acids is 1. The largest absolute Gasteiger partial charge is 0.466 e. The van der Waals surface area contributed by atoms with E-state index in [9.17, 15) is 4.79 Å². The van der Waals surface area contributed by atoms with Crippen molar-refractivity contribution < 1.29 is 9.53 Å². The van der Waals surface area contributed by atoms with Crippen LogP contribution in [0.25, 0.3) is 0 Å². The van der Waals surface area contributed by atoms with Gasteiger partial charge in [0.2, 0.25) is 5.95 Å². The minimum atomic E-state index is -0.209. The molecule has 0 unspecified atom stereocenters. The molecule has 1 aromatic rings. The maximum absolute atomic E-state index is 10.9. The SMILES string of the molecule is CCOC(=O)CCCn1nnnc1N. The summed E-state index contributed by atoms with van der Waals surface area (Å²) >= 11 is 0. The van der Waals surface area contributed by atoms with Crippen LogP contribution in [0.15, 0.2) is 0 Å². The molecule has 0 aliphatic rings. The number of hydrogen-bond acceptors (Lipinski definition) is 6. The van der Waals surface area contributed by atoms with E-state index in [0.717, 1.165) is 0 Å². The fourth-order valence-corrected chi connectivity index (χ4v) is 0.977. The van der Waals surface area contributed by atoms with Gasteiger partial charge in [-0.1, -0.05) is 5.10 Å². The van der Waals surface area contributed by atoms with Crippen LogP contribution >= 0.6 is 0 Å². The summed E-state index contributed by atoms with van der Waals surface area (Å²) in [5, 5.41) is 10.5. The summed E-state index contributed by atoms with van der Waals surface area (Å²) in [7, 11) is 0. The van der Waals surface area contributed by atoms with Crippen LogP contribution in [0, 0.1) is 0 Å². The number of nitrogen functional groups attached to an aromatic ring is 1. The topological polar surface area (TPSA) is 95.9 Å². The van der Waals surface area contributed by atoms with Crippen LogP contribution in [-0.4, -0.2) is 32.8 Å². The average molecular weight is 199 g/mol. The number of carbonyl (C=O) groups is 1. The second kappa shape index (κ2) is 5.15. The fraction of sp³-hybridized carbons (Fsp3) is 0.714. The van der Waals surface area contributed by atoms with Crippen molar-refractivity contribution in [2.24, 2.45) is 0 Å². The van der Waals surface area contributed by atoms with Crippen LogP contribution < -0.4 is 5.73 Å². The molecule has 1 heterocycles. The highest BCUT2D eigenvalue weighted by Crippen LogP contribution is 1.99. The molecule has 0 atom stereocenters. The standard InChI is InChI=1S/C7H13N5O2/c1-2-14-6(13)4-3-5-12-7(8)9-10-11-12/h2-5H2,1H3,(H2,8,9,11). The third kappa shape index (κ3) is 3.00. The van der Waals surface area contributed by atoms with Crippen LogP contribution in [0.3, 0.4) is 0 Å². The van der Waals surface area contributed by atoms with Gasteiger partial charge in [0, 0.05) is 13.0 Å². The van der Waals surface area contributed by atoms with Crippen LogP contribution in [0.2, 0.25) is 0 Å². The van der Waals surface area contributed by atoms with E-state index in [4.69, 9.17) is 10.5 Å². The number of nitrogens with two attached hydrogens (primary N) is 1. The highest BCUT2D eigenvalue weighted by atomic mass is 16.5. The lowest BCUT2D eigenvalue weighted by Crippen LogP contribution is -2.09. The monoisotopic (exact) mass is 199 g/mol. The van der Waals surface area contributed by atoms with E-state index in [0.29, 0.717) is 26.0 Å². The number of rotatable bonds is 5. The number of nitrogens with zero attached hydrogens (tertiary/aromatic N) is 4. The Morgan fingerprint density at radius 2 is 2.43 bits per heavy atom. The van der Waals surface area contributed by atoms with Gasteiger partial charge in [0.25, 0.3) is 0 Å². The maximum Gasteiger partial charge on any atom is 0.305 e. The molecule has 7 heteroatoms. The zero-order chi connectivity index (χ0) is 10.4. The summed E-state index contributed by atoms with van der Waals surface area (Å²) in [5.41, 5.74) is 5.43. The predicted octanol–water partition coefficient (Wildman–Crippen LogP) is -0.401. The second-order valence-corrected chi connectivity index (χ2v) is 2.67. The number of tetrazole rings is 1. The van der Waals surface area contributed by atoms with Gasteiger partial charge in [-0.05, 0) is 23.8 Å². The summed E-state index contributed by atoms with van der Waals surface area (Å²) in [4.78, 5) is 10.9. The molecule has 1 rings (SSSR count). The summed E-state index contributed by atoms with van der Waals surface area (Å²) in [6.07, 6.45) is 0.973. The Morgan fingerprint density at radius 3 is 3.00 bits per heavy atom. The van der Waals surface area contributed by atoms with E-state index in [1.54, 1.807) is 6.92 Å². The van der Waals surface area contributed by atoms with E-state index in [2.05, 4.69) is 15.5 Å². The van der Waals surface area contributed by atoms with Gasteiger partial charge in [0.15, 0.2) is 0 Å². The molecule has 0 fully saturated rings. The Balaban J connectivity index is 2.22. The molecule has 0 aliphatic carbocycles. The van der Waals surface area contributed by atoms with Gasteiger partial charge < -0.3 is 10.5 Å². The van der Waals surface area contributed by atoms with Crippen molar-refractivity contribution in [2.75, 3.05) is 12.3 Å². The molecule has 0 bridgehead atoms. The molecule has 0 radical (unpaired) electrons. The van der Waals surface area contributed by atoms with Crippen molar-refractivity contribution in [3.05, 3.63) is 0 Å². The van der Waals surface area contributed by atoms with Gasteiger partial charge >= 0.3 is 5.97 Å². The number of aromatic nitrogens is 4. The number of esters is 1. The number of ether oxygens (including phenoxy) is 1. The minimum absolute atomic E-state index is 0.209. The summed E-state index contributed by atoms with van der Waals surface area (Å²) in [5.74, 6) is 0.0491. The minimum Gasteiger partial charge on any atom is -0.466 e. The molecule has 1 aromatic heterocycles. The molecule has 78 valence electrons. The lowest BCUT2D eigenvalue weighted by Gasteiger charge is -2.01. The highest BCUT2D eigenvalue weighted by Gasteiger charge is 2.04. The molecule has 0 amide bonds. The molecule has 0 spiro atoms.